The molecule has 0 aliphatic heterocycles. The second-order valence-electron chi connectivity index (χ2n) is 3.16. The molecule has 0 amide bonds. The fraction of sp³-hybridized carbons (Fsp3) is 0.455. The zero-order valence-corrected chi connectivity index (χ0v) is 10.6. The highest BCUT2D eigenvalue weighted by atomic mass is 35.5. The first-order valence-electron chi connectivity index (χ1n) is 4.81. The van der Waals surface area contributed by atoms with E-state index in [0.29, 0.717) is 0 Å². The third-order valence-corrected chi connectivity index (χ3v) is 3.35. The van der Waals surface area contributed by atoms with Crippen molar-refractivity contribution in [3.63, 3.8) is 0 Å². The van der Waals surface area contributed by atoms with Crippen LogP contribution in [0.1, 0.15) is 26.2 Å². The van der Waals surface area contributed by atoms with E-state index in [1.54, 1.807) is 6.07 Å². The van der Waals surface area contributed by atoms with E-state index in [-0.39, 0.29) is 0 Å². The quantitative estimate of drug-likeness (QED) is 0.505. The van der Waals surface area contributed by atoms with Gasteiger partial charge in [0.1, 0.15) is 0 Å². The molecule has 14 heavy (non-hydrogen) atoms. The van der Waals surface area contributed by atoms with Crippen LogP contribution in [0.3, 0.4) is 0 Å². The molecule has 0 atom stereocenters. The Morgan fingerprint density at radius 1 is 1.07 bits per heavy atom. The van der Waals surface area contributed by atoms with Crippen LogP contribution < -0.4 is 0 Å². The smallest absolute Gasteiger partial charge is 0.0431 e. The molecule has 0 fully saturated rings. The molecule has 0 nitrogen and oxygen atoms in total. The van der Waals surface area contributed by atoms with Gasteiger partial charge in [-0.3, -0.25) is 0 Å². The van der Waals surface area contributed by atoms with E-state index in [4.69, 9.17) is 23.2 Å². The fourth-order valence-corrected chi connectivity index (χ4v) is 2.81. The average molecular weight is 249 g/mol. The van der Waals surface area contributed by atoms with Gasteiger partial charge in [0.25, 0.3) is 0 Å². The number of rotatable bonds is 5. The van der Waals surface area contributed by atoms with Crippen molar-refractivity contribution in [3.8, 4) is 0 Å². The Bertz CT molecular complexity index is 266. The number of thioether (sulfide) groups is 1. The topological polar surface area (TPSA) is 0 Å². The summed E-state index contributed by atoms with van der Waals surface area (Å²) in [5.41, 5.74) is 0. The Morgan fingerprint density at radius 3 is 2.29 bits per heavy atom. The van der Waals surface area contributed by atoms with Crippen LogP contribution in [0.4, 0.5) is 0 Å². The summed E-state index contributed by atoms with van der Waals surface area (Å²) in [5.74, 6) is 1.14. The predicted octanol–water partition coefficient (Wildman–Crippen LogP) is 5.28. The normalized spacial score (nSPS) is 10.5. The Kier molecular flexibility index (Phi) is 5.76. The molecular formula is C11H14Cl2S. The van der Waals surface area contributed by atoms with E-state index in [0.717, 1.165) is 15.8 Å². The molecule has 0 aliphatic rings. The molecule has 0 unspecified atom stereocenters. The molecule has 78 valence electrons. The number of hydrogen-bond donors (Lipinski definition) is 0. The van der Waals surface area contributed by atoms with Crippen LogP contribution in [0.15, 0.2) is 23.1 Å². The Hall–Kier alpha value is 0.150. The van der Waals surface area contributed by atoms with Gasteiger partial charge in [0.2, 0.25) is 0 Å². The number of hydrogen-bond acceptors (Lipinski definition) is 1. The molecular weight excluding hydrogens is 235 g/mol. The SMILES string of the molecule is CCCCCSc1cc(Cl)cc(Cl)c1. The molecule has 0 spiro atoms. The highest BCUT2D eigenvalue weighted by Crippen LogP contribution is 2.27. The molecule has 0 radical (unpaired) electrons. The molecule has 0 N–H and O–H groups in total. The summed E-state index contributed by atoms with van der Waals surface area (Å²) in [6.45, 7) is 2.21. The molecule has 0 heterocycles. The van der Waals surface area contributed by atoms with Crippen LogP contribution in [-0.4, -0.2) is 5.75 Å². The predicted molar refractivity (Wildman–Crippen MR) is 66.7 cm³/mol. The summed E-state index contributed by atoms with van der Waals surface area (Å²) in [5, 5.41) is 1.44. The summed E-state index contributed by atoms with van der Waals surface area (Å²) >= 11 is 13.6. The van der Waals surface area contributed by atoms with Crippen molar-refractivity contribution in [1.82, 2.24) is 0 Å². The van der Waals surface area contributed by atoms with Gasteiger partial charge in [-0.1, -0.05) is 43.0 Å². The second kappa shape index (κ2) is 6.60. The van der Waals surface area contributed by atoms with Gasteiger partial charge in [0.15, 0.2) is 0 Å². The van der Waals surface area contributed by atoms with Gasteiger partial charge in [0.05, 0.1) is 0 Å². The van der Waals surface area contributed by atoms with Crippen LogP contribution in [0.5, 0.6) is 0 Å². The van der Waals surface area contributed by atoms with Crippen molar-refractivity contribution in [1.29, 1.82) is 0 Å². The molecule has 1 rings (SSSR count). The largest absolute Gasteiger partial charge is 0.126 e. The van der Waals surface area contributed by atoms with Crippen molar-refractivity contribution in [2.24, 2.45) is 0 Å². The summed E-state index contributed by atoms with van der Waals surface area (Å²) in [6.07, 6.45) is 3.81. The maximum atomic E-state index is 5.89. The van der Waals surface area contributed by atoms with Crippen LogP contribution >= 0.6 is 35.0 Å². The lowest BCUT2D eigenvalue weighted by molar-refractivity contribution is 0.778. The standard InChI is InChI=1S/C11H14Cl2S/c1-2-3-4-5-14-11-7-9(12)6-10(13)8-11/h6-8H,2-5H2,1H3. The van der Waals surface area contributed by atoms with Gasteiger partial charge < -0.3 is 0 Å². The number of benzene rings is 1. The van der Waals surface area contributed by atoms with Crippen LogP contribution in [-0.2, 0) is 0 Å². The zero-order chi connectivity index (χ0) is 10.4. The van der Waals surface area contributed by atoms with E-state index < -0.39 is 0 Å². The van der Waals surface area contributed by atoms with Crippen LogP contribution in [0.2, 0.25) is 10.0 Å². The third kappa shape index (κ3) is 4.59. The van der Waals surface area contributed by atoms with Gasteiger partial charge in [-0.25, -0.2) is 0 Å². The highest BCUT2D eigenvalue weighted by molar-refractivity contribution is 7.99. The average Bonchev–Trinajstić information content (AvgIpc) is 2.11. The minimum absolute atomic E-state index is 0.718. The first-order chi connectivity index (χ1) is 6.72. The Balaban J connectivity index is 2.42. The van der Waals surface area contributed by atoms with Gasteiger partial charge in [-0.2, -0.15) is 0 Å². The Morgan fingerprint density at radius 2 is 1.71 bits per heavy atom. The summed E-state index contributed by atoms with van der Waals surface area (Å²) in [4.78, 5) is 1.17. The molecule has 1 aromatic rings. The van der Waals surface area contributed by atoms with Crippen molar-refractivity contribution >= 4 is 35.0 Å². The molecule has 0 aliphatic carbocycles. The molecule has 1 aromatic carbocycles. The van der Waals surface area contributed by atoms with Crippen molar-refractivity contribution in [3.05, 3.63) is 28.2 Å². The third-order valence-electron chi connectivity index (χ3n) is 1.85. The monoisotopic (exact) mass is 248 g/mol. The van der Waals surface area contributed by atoms with Crippen molar-refractivity contribution < 1.29 is 0 Å². The van der Waals surface area contributed by atoms with E-state index in [9.17, 15) is 0 Å². The van der Waals surface area contributed by atoms with E-state index >= 15 is 0 Å². The Labute approximate surface area is 100.0 Å². The van der Waals surface area contributed by atoms with Crippen molar-refractivity contribution in [2.45, 2.75) is 31.1 Å². The summed E-state index contributed by atoms with van der Waals surface area (Å²) in [7, 11) is 0. The van der Waals surface area contributed by atoms with Gasteiger partial charge in [-0.05, 0) is 30.4 Å². The van der Waals surface area contributed by atoms with Gasteiger partial charge in [-0.15, -0.1) is 11.8 Å². The lowest BCUT2D eigenvalue weighted by Gasteiger charge is -2.02. The first-order valence-corrected chi connectivity index (χ1v) is 6.55. The molecule has 0 bridgehead atoms. The molecule has 3 heteroatoms. The maximum absolute atomic E-state index is 5.89. The van der Waals surface area contributed by atoms with E-state index in [2.05, 4.69) is 6.92 Å². The fourth-order valence-electron chi connectivity index (χ4n) is 1.15. The maximum Gasteiger partial charge on any atom is 0.0431 e. The molecule has 0 saturated heterocycles. The lowest BCUT2D eigenvalue weighted by atomic mass is 10.3. The number of unbranched alkanes of at least 4 members (excludes halogenated alkanes) is 2. The highest BCUT2D eigenvalue weighted by Gasteiger charge is 1.98. The molecule has 0 saturated carbocycles. The lowest BCUT2D eigenvalue weighted by Crippen LogP contribution is -1.80. The number of halogens is 2. The van der Waals surface area contributed by atoms with Crippen LogP contribution in [0, 0.1) is 0 Å². The summed E-state index contributed by atoms with van der Waals surface area (Å²) in [6, 6.07) is 5.69. The van der Waals surface area contributed by atoms with E-state index in [1.807, 2.05) is 23.9 Å². The van der Waals surface area contributed by atoms with E-state index in [1.165, 1.54) is 24.2 Å². The minimum Gasteiger partial charge on any atom is -0.126 e. The van der Waals surface area contributed by atoms with Crippen molar-refractivity contribution in [2.75, 3.05) is 5.75 Å². The zero-order valence-electron chi connectivity index (χ0n) is 8.22. The minimum atomic E-state index is 0.718. The van der Waals surface area contributed by atoms with Gasteiger partial charge >= 0.3 is 0 Å². The van der Waals surface area contributed by atoms with Crippen LogP contribution in [0.25, 0.3) is 0 Å². The molecule has 0 aromatic heterocycles. The second-order valence-corrected chi connectivity index (χ2v) is 5.20. The summed E-state index contributed by atoms with van der Waals surface area (Å²) < 4.78 is 0. The first kappa shape index (κ1) is 12.2. The van der Waals surface area contributed by atoms with Gasteiger partial charge in [0, 0.05) is 14.9 Å².